The van der Waals surface area contributed by atoms with Crippen LogP contribution in [0.1, 0.15) is 42.7 Å². The summed E-state index contributed by atoms with van der Waals surface area (Å²) in [5.41, 5.74) is 3.50. The van der Waals surface area contributed by atoms with Crippen LogP contribution in [0, 0.1) is 6.92 Å². The second kappa shape index (κ2) is 8.24. The number of hydrogen-bond acceptors (Lipinski definition) is 3. The topological polar surface area (TPSA) is 56.9 Å². The number of carbonyl (C=O) groups is 1. The third-order valence-corrected chi connectivity index (χ3v) is 4.40. The summed E-state index contributed by atoms with van der Waals surface area (Å²) >= 11 is 1.58. The maximum absolute atomic E-state index is 12.2. The molecule has 1 aromatic heterocycles. The zero-order valence-electron chi connectivity index (χ0n) is 13.8. The Hall–Kier alpha value is -1.69. The molecule has 1 heterocycles. The van der Waals surface area contributed by atoms with E-state index >= 15 is 0 Å². The Balaban J connectivity index is 2.10. The lowest BCUT2D eigenvalue weighted by atomic mass is 10.1. The highest BCUT2D eigenvalue weighted by atomic mass is 32.2. The molecule has 0 saturated carbocycles. The van der Waals surface area contributed by atoms with Crippen molar-refractivity contribution in [3.05, 3.63) is 29.5 Å². The first-order valence-electron chi connectivity index (χ1n) is 7.90. The van der Waals surface area contributed by atoms with Crippen molar-refractivity contribution in [3.63, 3.8) is 0 Å². The van der Waals surface area contributed by atoms with E-state index in [0.717, 1.165) is 34.3 Å². The minimum Gasteiger partial charge on any atom is -0.350 e. The summed E-state index contributed by atoms with van der Waals surface area (Å²) in [6.07, 6.45) is 1.47. The number of hydrogen-bond donors (Lipinski definition) is 3. The molecule has 6 heteroatoms. The molecule has 0 unspecified atom stereocenters. The number of aryl methyl sites for hydroxylation is 1. The molecule has 0 aliphatic rings. The Morgan fingerprint density at radius 2 is 2.13 bits per heavy atom. The van der Waals surface area contributed by atoms with Crippen LogP contribution < -0.4 is 10.0 Å². The maximum Gasteiger partial charge on any atom is 0.268 e. The van der Waals surface area contributed by atoms with E-state index in [1.807, 2.05) is 39.0 Å². The van der Waals surface area contributed by atoms with Crippen molar-refractivity contribution in [2.45, 2.75) is 39.7 Å². The molecule has 0 aliphatic heterocycles. The average Bonchev–Trinajstić information content (AvgIpc) is 2.83. The lowest BCUT2D eigenvalue weighted by molar-refractivity contribution is 0.0938. The van der Waals surface area contributed by atoms with E-state index in [2.05, 4.69) is 15.0 Å². The third kappa shape index (κ3) is 4.64. The quantitative estimate of drug-likeness (QED) is 0.493. The summed E-state index contributed by atoms with van der Waals surface area (Å²) in [6.45, 7) is 5.58. The number of amides is 1. The maximum atomic E-state index is 12.2. The molecule has 4 nitrogen and oxygen atoms in total. The Morgan fingerprint density at radius 3 is 2.83 bits per heavy atom. The summed E-state index contributed by atoms with van der Waals surface area (Å²) < 4.78 is 15.3. The minimum atomic E-state index is -0.254. The Bertz CT molecular complexity index is 669. The molecule has 0 radical (unpaired) electrons. The Morgan fingerprint density at radius 1 is 1.35 bits per heavy atom. The molecule has 0 atom stereocenters. The van der Waals surface area contributed by atoms with E-state index in [0.29, 0.717) is 12.1 Å². The molecule has 23 heavy (non-hydrogen) atoms. The summed E-state index contributed by atoms with van der Waals surface area (Å²) in [7, 11) is 0. The predicted octanol–water partition coefficient (Wildman–Crippen LogP) is 4.42. The number of alkyl halides is 1. The van der Waals surface area contributed by atoms with Crippen molar-refractivity contribution in [1.82, 2.24) is 10.3 Å². The first kappa shape index (κ1) is 17.7. The van der Waals surface area contributed by atoms with Gasteiger partial charge in [-0.1, -0.05) is 11.9 Å². The van der Waals surface area contributed by atoms with Gasteiger partial charge in [-0.05, 0) is 57.4 Å². The number of H-pyrrole nitrogens is 1. The number of rotatable bonds is 8. The van der Waals surface area contributed by atoms with Gasteiger partial charge in [0.25, 0.3) is 5.91 Å². The van der Waals surface area contributed by atoms with Gasteiger partial charge in [0.2, 0.25) is 0 Å². The van der Waals surface area contributed by atoms with Gasteiger partial charge in [-0.3, -0.25) is 9.18 Å². The van der Waals surface area contributed by atoms with E-state index in [4.69, 9.17) is 0 Å². The number of aromatic amines is 1. The zero-order chi connectivity index (χ0) is 16.8. The normalized spacial score (nSPS) is 11.2. The number of carbonyl (C=O) groups excluding carboxylic acids is 1. The van der Waals surface area contributed by atoms with Crippen molar-refractivity contribution in [1.29, 1.82) is 0 Å². The standard InChI is InChI=1S/C17H24FN3OS/c1-11(2)19-17(22)16-12(3)14-10-13(6-7-15(14)20-16)21-23-9-5-4-8-18/h6-7,10-11,20-21H,4-5,8-9H2,1-3H3,(H,19,22). The summed E-state index contributed by atoms with van der Waals surface area (Å²) in [6, 6.07) is 6.09. The van der Waals surface area contributed by atoms with Crippen LogP contribution >= 0.6 is 11.9 Å². The summed E-state index contributed by atoms with van der Waals surface area (Å²) in [5.74, 6) is 0.791. The number of benzene rings is 1. The van der Waals surface area contributed by atoms with Gasteiger partial charge in [-0.15, -0.1) is 0 Å². The van der Waals surface area contributed by atoms with Crippen LogP contribution in [0.3, 0.4) is 0 Å². The number of nitrogens with one attached hydrogen (secondary N) is 3. The fraction of sp³-hybridized carbons (Fsp3) is 0.471. The molecule has 0 spiro atoms. The second-order valence-corrected chi connectivity index (χ2v) is 6.76. The molecule has 2 aromatic rings. The van der Waals surface area contributed by atoms with E-state index in [1.165, 1.54) is 0 Å². The lowest BCUT2D eigenvalue weighted by Crippen LogP contribution is -2.30. The number of halogens is 1. The molecule has 0 aliphatic carbocycles. The van der Waals surface area contributed by atoms with Crippen LogP contribution in [-0.4, -0.2) is 29.4 Å². The van der Waals surface area contributed by atoms with E-state index in [1.54, 1.807) is 11.9 Å². The minimum absolute atomic E-state index is 0.0798. The lowest BCUT2D eigenvalue weighted by Gasteiger charge is -2.07. The fourth-order valence-corrected chi connectivity index (χ4v) is 3.10. The van der Waals surface area contributed by atoms with Gasteiger partial charge in [0, 0.05) is 28.4 Å². The van der Waals surface area contributed by atoms with Crippen molar-refractivity contribution < 1.29 is 9.18 Å². The van der Waals surface area contributed by atoms with E-state index in [-0.39, 0.29) is 18.6 Å². The van der Waals surface area contributed by atoms with Crippen LogP contribution in [0.25, 0.3) is 10.9 Å². The summed E-state index contributed by atoms with van der Waals surface area (Å²) in [4.78, 5) is 15.4. The zero-order valence-corrected chi connectivity index (χ0v) is 14.6. The smallest absolute Gasteiger partial charge is 0.268 e. The van der Waals surface area contributed by atoms with Crippen LogP contribution in [0.5, 0.6) is 0 Å². The first-order valence-corrected chi connectivity index (χ1v) is 8.88. The number of fused-ring (bicyclic) bond motifs is 1. The van der Waals surface area contributed by atoms with Gasteiger partial charge in [0.05, 0.1) is 6.67 Å². The molecule has 1 aromatic carbocycles. The van der Waals surface area contributed by atoms with Crippen LogP contribution in [-0.2, 0) is 0 Å². The molecular formula is C17H24FN3OS. The number of anilines is 1. The third-order valence-electron chi connectivity index (χ3n) is 3.53. The molecular weight excluding hydrogens is 313 g/mol. The predicted molar refractivity (Wildman–Crippen MR) is 96.9 cm³/mol. The van der Waals surface area contributed by atoms with Gasteiger partial charge >= 0.3 is 0 Å². The van der Waals surface area contributed by atoms with Gasteiger partial charge in [-0.2, -0.15) is 0 Å². The SMILES string of the molecule is Cc1c(C(=O)NC(C)C)[nH]c2ccc(NSCCCCF)cc12. The van der Waals surface area contributed by atoms with Crippen molar-refractivity contribution in [3.8, 4) is 0 Å². The summed E-state index contributed by atoms with van der Waals surface area (Å²) in [5, 5.41) is 3.94. The van der Waals surface area contributed by atoms with Gasteiger partial charge in [0.15, 0.2) is 0 Å². The Kier molecular flexibility index (Phi) is 6.33. The van der Waals surface area contributed by atoms with Gasteiger partial charge < -0.3 is 15.0 Å². The molecule has 0 saturated heterocycles. The molecule has 126 valence electrons. The average molecular weight is 337 g/mol. The van der Waals surface area contributed by atoms with Crippen molar-refractivity contribution >= 4 is 34.4 Å². The van der Waals surface area contributed by atoms with Crippen molar-refractivity contribution in [2.75, 3.05) is 17.1 Å². The monoisotopic (exact) mass is 337 g/mol. The Labute approximate surface area is 140 Å². The first-order chi connectivity index (χ1) is 11.0. The van der Waals surface area contributed by atoms with Crippen molar-refractivity contribution in [2.24, 2.45) is 0 Å². The van der Waals surface area contributed by atoms with Gasteiger partial charge in [0.1, 0.15) is 5.69 Å². The molecule has 0 fully saturated rings. The van der Waals surface area contributed by atoms with E-state index in [9.17, 15) is 9.18 Å². The van der Waals surface area contributed by atoms with E-state index < -0.39 is 0 Å². The molecule has 2 rings (SSSR count). The van der Waals surface area contributed by atoms with Crippen LogP contribution in [0.2, 0.25) is 0 Å². The highest BCUT2D eigenvalue weighted by Crippen LogP contribution is 2.26. The molecule has 1 amide bonds. The number of aromatic nitrogens is 1. The van der Waals surface area contributed by atoms with Crippen LogP contribution in [0.4, 0.5) is 10.1 Å². The van der Waals surface area contributed by atoms with Gasteiger partial charge in [-0.25, -0.2) is 0 Å². The largest absolute Gasteiger partial charge is 0.350 e. The highest BCUT2D eigenvalue weighted by Gasteiger charge is 2.15. The fourth-order valence-electron chi connectivity index (χ4n) is 2.35. The highest BCUT2D eigenvalue weighted by molar-refractivity contribution is 8.00. The number of unbranched alkanes of at least 4 members (excludes halogenated alkanes) is 1. The molecule has 0 bridgehead atoms. The van der Waals surface area contributed by atoms with Crippen LogP contribution in [0.15, 0.2) is 18.2 Å². The molecule has 3 N–H and O–H groups in total. The second-order valence-electron chi connectivity index (χ2n) is 5.86.